The molecule has 0 spiro atoms. The summed E-state index contributed by atoms with van der Waals surface area (Å²) in [5.74, 6) is -0.352. The lowest BCUT2D eigenvalue weighted by atomic mass is 10.3. The highest BCUT2D eigenvalue weighted by molar-refractivity contribution is 5.88. The lowest BCUT2D eigenvalue weighted by Crippen LogP contribution is -2.22. The molecule has 0 saturated carbocycles. The Balaban J connectivity index is 2.14. The van der Waals surface area contributed by atoms with E-state index >= 15 is 0 Å². The molecular formula is C12H15N7O3. The predicted molar refractivity (Wildman–Crippen MR) is 76.3 cm³/mol. The maximum atomic E-state index is 12.0. The lowest BCUT2D eigenvalue weighted by Gasteiger charge is -2.05. The van der Waals surface area contributed by atoms with Crippen molar-refractivity contribution in [2.24, 2.45) is 0 Å². The van der Waals surface area contributed by atoms with E-state index in [4.69, 9.17) is 0 Å². The molecule has 0 atom stereocenters. The van der Waals surface area contributed by atoms with E-state index in [0.717, 1.165) is 0 Å². The van der Waals surface area contributed by atoms with Crippen molar-refractivity contribution in [2.75, 3.05) is 5.32 Å². The van der Waals surface area contributed by atoms with E-state index in [1.54, 1.807) is 20.8 Å². The Kier molecular flexibility index (Phi) is 4.11. The fourth-order valence-electron chi connectivity index (χ4n) is 1.92. The molecule has 0 aromatic carbocycles. The minimum absolute atomic E-state index is 0.0862. The molecule has 1 N–H and O–H groups in total. The fraction of sp³-hybridized carbons (Fsp3) is 0.417. The van der Waals surface area contributed by atoms with Gasteiger partial charge < -0.3 is 0 Å². The second kappa shape index (κ2) is 5.84. The average Bonchev–Trinajstić information content (AvgIpc) is 2.68. The quantitative estimate of drug-likeness (QED) is 0.654. The summed E-state index contributed by atoms with van der Waals surface area (Å²) < 4.78 is 1.28. The number of nitro groups is 1. The van der Waals surface area contributed by atoms with Crippen LogP contribution in [0, 0.1) is 37.8 Å². The van der Waals surface area contributed by atoms with Crippen LogP contribution < -0.4 is 5.32 Å². The van der Waals surface area contributed by atoms with Crippen LogP contribution >= 0.6 is 0 Å². The molecule has 22 heavy (non-hydrogen) atoms. The zero-order valence-electron chi connectivity index (χ0n) is 12.6. The standard InChI is InChI=1S/C12H15N7O3/c1-6-7(2)15-16-12(13-6)14-10(20)5-18-9(4)11(19(21)22)8(3)17-18/h5H2,1-4H3,(H,13,14,16,20). The van der Waals surface area contributed by atoms with E-state index in [9.17, 15) is 14.9 Å². The summed E-state index contributed by atoms with van der Waals surface area (Å²) in [7, 11) is 0. The maximum absolute atomic E-state index is 12.0. The minimum Gasteiger partial charge on any atom is -0.292 e. The summed E-state index contributed by atoms with van der Waals surface area (Å²) in [6.07, 6.45) is 0. The van der Waals surface area contributed by atoms with Gasteiger partial charge in [0.15, 0.2) is 0 Å². The van der Waals surface area contributed by atoms with Crippen molar-refractivity contribution in [3.05, 3.63) is 32.9 Å². The van der Waals surface area contributed by atoms with Crippen LogP contribution in [0.2, 0.25) is 0 Å². The molecule has 0 bridgehead atoms. The number of rotatable bonds is 4. The van der Waals surface area contributed by atoms with Gasteiger partial charge in [0.2, 0.25) is 11.9 Å². The first-order chi connectivity index (χ1) is 10.3. The van der Waals surface area contributed by atoms with Crippen molar-refractivity contribution < 1.29 is 9.72 Å². The van der Waals surface area contributed by atoms with Crippen molar-refractivity contribution >= 4 is 17.5 Å². The molecule has 0 aliphatic carbocycles. The number of carbonyl (C=O) groups excluding carboxylic acids is 1. The average molecular weight is 305 g/mol. The summed E-state index contributed by atoms with van der Waals surface area (Å²) in [6.45, 7) is 6.41. The third-order valence-corrected chi connectivity index (χ3v) is 3.16. The number of carbonyl (C=O) groups is 1. The number of hydrogen-bond donors (Lipinski definition) is 1. The Morgan fingerprint density at radius 3 is 2.41 bits per heavy atom. The van der Waals surface area contributed by atoms with E-state index in [1.807, 2.05) is 0 Å². The molecule has 116 valence electrons. The number of amides is 1. The van der Waals surface area contributed by atoms with E-state index in [1.165, 1.54) is 11.6 Å². The Labute approximate surface area is 125 Å². The molecule has 2 heterocycles. The highest BCUT2D eigenvalue weighted by atomic mass is 16.6. The molecule has 2 rings (SSSR count). The van der Waals surface area contributed by atoms with Crippen LogP contribution in [-0.4, -0.2) is 35.8 Å². The number of nitrogens with zero attached hydrogens (tertiary/aromatic N) is 6. The fourth-order valence-corrected chi connectivity index (χ4v) is 1.92. The van der Waals surface area contributed by atoms with Crippen LogP contribution in [0.3, 0.4) is 0 Å². The SMILES string of the molecule is Cc1nnc(NC(=O)Cn2nc(C)c([N+](=O)[O-])c2C)nc1C. The molecule has 0 aliphatic heterocycles. The van der Waals surface area contributed by atoms with E-state index in [0.29, 0.717) is 17.1 Å². The van der Waals surface area contributed by atoms with E-state index in [2.05, 4.69) is 25.6 Å². The zero-order chi connectivity index (χ0) is 16.4. The van der Waals surface area contributed by atoms with Gasteiger partial charge in [-0.3, -0.25) is 24.9 Å². The van der Waals surface area contributed by atoms with Gasteiger partial charge in [-0.05, 0) is 27.7 Å². The van der Waals surface area contributed by atoms with Gasteiger partial charge >= 0.3 is 5.69 Å². The second-order valence-corrected chi connectivity index (χ2v) is 4.79. The molecule has 0 fully saturated rings. The van der Waals surface area contributed by atoms with Crippen molar-refractivity contribution in [1.29, 1.82) is 0 Å². The van der Waals surface area contributed by atoms with Crippen molar-refractivity contribution in [3.63, 3.8) is 0 Å². The number of aromatic nitrogens is 5. The van der Waals surface area contributed by atoms with Gasteiger partial charge in [-0.2, -0.15) is 10.2 Å². The molecule has 10 nitrogen and oxygen atoms in total. The van der Waals surface area contributed by atoms with Crippen LogP contribution in [0.15, 0.2) is 0 Å². The Hall–Kier alpha value is -2.91. The van der Waals surface area contributed by atoms with Gasteiger partial charge in [0.25, 0.3) is 0 Å². The molecule has 10 heteroatoms. The Morgan fingerprint density at radius 2 is 1.86 bits per heavy atom. The molecule has 0 unspecified atom stereocenters. The van der Waals surface area contributed by atoms with Gasteiger partial charge in [0.1, 0.15) is 17.9 Å². The summed E-state index contributed by atoms with van der Waals surface area (Å²) in [5, 5.41) is 25.0. The van der Waals surface area contributed by atoms with Gasteiger partial charge in [0.05, 0.1) is 16.3 Å². The normalized spacial score (nSPS) is 10.5. The molecule has 0 saturated heterocycles. The molecule has 0 radical (unpaired) electrons. The van der Waals surface area contributed by atoms with Crippen LogP contribution in [0.4, 0.5) is 11.6 Å². The lowest BCUT2D eigenvalue weighted by molar-refractivity contribution is -0.386. The molecule has 0 aliphatic rings. The summed E-state index contributed by atoms with van der Waals surface area (Å²) in [5.41, 5.74) is 1.83. The first-order valence-corrected chi connectivity index (χ1v) is 6.45. The first kappa shape index (κ1) is 15.5. The highest BCUT2D eigenvalue weighted by Gasteiger charge is 2.22. The van der Waals surface area contributed by atoms with Crippen LogP contribution in [-0.2, 0) is 11.3 Å². The number of aryl methyl sites for hydroxylation is 3. The Morgan fingerprint density at radius 1 is 1.18 bits per heavy atom. The third-order valence-electron chi connectivity index (χ3n) is 3.16. The topological polar surface area (TPSA) is 129 Å². The largest absolute Gasteiger partial charge is 0.312 e. The second-order valence-electron chi connectivity index (χ2n) is 4.79. The predicted octanol–water partition coefficient (Wildman–Crippen LogP) is 0.849. The summed E-state index contributed by atoms with van der Waals surface area (Å²) in [4.78, 5) is 26.5. The number of hydrogen-bond acceptors (Lipinski definition) is 7. The Bertz CT molecular complexity index is 753. The number of anilines is 1. The van der Waals surface area contributed by atoms with Gasteiger partial charge in [-0.25, -0.2) is 4.98 Å². The van der Waals surface area contributed by atoms with Crippen LogP contribution in [0.5, 0.6) is 0 Å². The van der Waals surface area contributed by atoms with Gasteiger partial charge in [0, 0.05) is 0 Å². The van der Waals surface area contributed by atoms with Crippen LogP contribution in [0.1, 0.15) is 22.8 Å². The summed E-state index contributed by atoms with van der Waals surface area (Å²) >= 11 is 0. The minimum atomic E-state index is -0.511. The molecular weight excluding hydrogens is 290 g/mol. The van der Waals surface area contributed by atoms with Crippen molar-refractivity contribution in [1.82, 2.24) is 25.0 Å². The molecule has 2 aromatic rings. The van der Waals surface area contributed by atoms with E-state index < -0.39 is 10.8 Å². The number of nitrogens with one attached hydrogen (secondary N) is 1. The van der Waals surface area contributed by atoms with Gasteiger partial charge in [-0.1, -0.05) is 0 Å². The van der Waals surface area contributed by atoms with Crippen LogP contribution in [0.25, 0.3) is 0 Å². The third kappa shape index (κ3) is 3.05. The first-order valence-electron chi connectivity index (χ1n) is 6.45. The molecule has 1 amide bonds. The smallest absolute Gasteiger partial charge is 0.292 e. The zero-order valence-corrected chi connectivity index (χ0v) is 12.6. The highest BCUT2D eigenvalue weighted by Crippen LogP contribution is 2.21. The van der Waals surface area contributed by atoms with E-state index in [-0.39, 0.29) is 23.9 Å². The van der Waals surface area contributed by atoms with Crippen molar-refractivity contribution in [3.8, 4) is 0 Å². The summed E-state index contributed by atoms with van der Waals surface area (Å²) in [6, 6.07) is 0. The van der Waals surface area contributed by atoms with Crippen molar-refractivity contribution in [2.45, 2.75) is 34.2 Å². The van der Waals surface area contributed by atoms with Gasteiger partial charge in [-0.15, -0.1) is 5.10 Å². The maximum Gasteiger partial charge on any atom is 0.312 e. The monoisotopic (exact) mass is 305 g/mol. The molecule has 2 aromatic heterocycles.